The lowest BCUT2D eigenvalue weighted by Gasteiger charge is -2.31. The lowest BCUT2D eigenvalue weighted by atomic mass is 9.93. The number of hydrogen-bond acceptors (Lipinski definition) is 5. The molecular weight excluding hydrogens is 342 g/mol. The van der Waals surface area contributed by atoms with Crippen LogP contribution in [0.2, 0.25) is 0 Å². The third-order valence-electron chi connectivity index (χ3n) is 5.50. The third kappa shape index (κ3) is 4.76. The Balaban J connectivity index is 1.28. The van der Waals surface area contributed by atoms with E-state index in [4.69, 9.17) is 9.26 Å². The smallest absolute Gasteiger partial charge is 0.290 e. The summed E-state index contributed by atoms with van der Waals surface area (Å²) in [6, 6.07) is 12.5. The lowest BCUT2D eigenvalue weighted by molar-refractivity contribution is 0.0608. The zero-order chi connectivity index (χ0) is 18.5. The van der Waals surface area contributed by atoms with Gasteiger partial charge in [-0.15, -0.1) is 0 Å². The van der Waals surface area contributed by atoms with Crippen LogP contribution < -0.4 is 5.32 Å². The number of ether oxygens (including phenoxy) is 1. The van der Waals surface area contributed by atoms with E-state index >= 15 is 0 Å². The number of carbonyl (C=O) groups is 1. The molecule has 6 nitrogen and oxygen atoms in total. The van der Waals surface area contributed by atoms with E-state index in [0.717, 1.165) is 57.6 Å². The third-order valence-corrected chi connectivity index (χ3v) is 5.50. The number of likely N-dealkylation sites (tertiary alicyclic amines) is 1. The summed E-state index contributed by atoms with van der Waals surface area (Å²) in [5.41, 5.74) is 2.25. The molecule has 1 aromatic heterocycles. The number of aromatic nitrogens is 1. The normalized spacial score (nSPS) is 21.9. The molecule has 0 aliphatic carbocycles. The fourth-order valence-corrected chi connectivity index (χ4v) is 3.93. The van der Waals surface area contributed by atoms with Crippen molar-refractivity contribution in [1.29, 1.82) is 0 Å². The Hall–Kier alpha value is -2.18. The predicted octanol–water partition coefficient (Wildman–Crippen LogP) is 2.96. The van der Waals surface area contributed by atoms with Crippen LogP contribution >= 0.6 is 0 Å². The molecule has 2 fully saturated rings. The Morgan fingerprint density at radius 1 is 1.19 bits per heavy atom. The molecule has 0 spiro atoms. The van der Waals surface area contributed by atoms with E-state index in [1.54, 1.807) is 0 Å². The minimum Gasteiger partial charge on any atom is -0.379 e. The van der Waals surface area contributed by atoms with E-state index < -0.39 is 0 Å². The average molecular weight is 369 g/mol. The van der Waals surface area contributed by atoms with Crippen LogP contribution in [-0.4, -0.2) is 48.3 Å². The summed E-state index contributed by atoms with van der Waals surface area (Å²) >= 11 is 0. The summed E-state index contributed by atoms with van der Waals surface area (Å²) in [7, 11) is 0. The van der Waals surface area contributed by atoms with Gasteiger partial charge in [0.15, 0.2) is 0 Å². The van der Waals surface area contributed by atoms with Crippen LogP contribution in [0.25, 0.3) is 0 Å². The van der Waals surface area contributed by atoms with Gasteiger partial charge >= 0.3 is 0 Å². The van der Waals surface area contributed by atoms with Crippen molar-refractivity contribution in [2.24, 2.45) is 0 Å². The van der Waals surface area contributed by atoms with E-state index in [9.17, 15) is 4.79 Å². The van der Waals surface area contributed by atoms with Crippen molar-refractivity contribution in [3.05, 3.63) is 53.4 Å². The quantitative estimate of drug-likeness (QED) is 0.878. The molecule has 0 radical (unpaired) electrons. The molecule has 2 aromatic rings. The number of nitrogens with one attached hydrogen (secondary N) is 1. The van der Waals surface area contributed by atoms with E-state index in [1.807, 2.05) is 6.07 Å². The summed E-state index contributed by atoms with van der Waals surface area (Å²) in [5, 5.41) is 7.16. The maximum atomic E-state index is 12.4. The maximum Gasteiger partial charge on any atom is 0.290 e. The highest BCUT2D eigenvalue weighted by Crippen LogP contribution is 2.28. The number of amides is 1. The molecule has 3 heterocycles. The Morgan fingerprint density at radius 3 is 2.74 bits per heavy atom. The molecule has 4 rings (SSSR count). The first-order valence-corrected chi connectivity index (χ1v) is 9.89. The first-order valence-electron chi connectivity index (χ1n) is 9.89. The van der Waals surface area contributed by atoms with Crippen LogP contribution in [0.3, 0.4) is 0 Å². The molecule has 1 amide bonds. The minimum atomic E-state index is -0.189. The molecule has 1 aromatic carbocycles. The molecule has 2 aliphatic heterocycles. The molecule has 27 heavy (non-hydrogen) atoms. The minimum absolute atomic E-state index is 0.0704. The van der Waals surface area contributed by atoms with Gasteiger partial charge in [0.05, 0.1) is 18.3 Å². The topological polar surface area (TPSA) is 67.6 Å². The Bertz CT molecular complexity index is 732. The first-order chi connectivity index (χ1) is 13.3. The number of nitrogens with zero attached hydrogens (tertiary/aromatic N) is 2. The molecule has 2 saturated heterocycles. The second-order valence-electron chi connectivity index (χ2n) is 7.54. The van der Waals surface area contributed by atoms with Gasteiger partial charge in [0.25, 0.3) is 5.91 Å². The van der Waals surface area contributed by atoms with Crippen molar-refractivity contribution in [3.8, 4) is 0 Å². The summed E-state index contributed by atoms with van der Waals surface area (Å²) in [6.07, 6.45) is 4.01. The Kier molecular flexibility index (Phi) is 5.84. The van der Waals surface area contributed by atoms with Crippen molar-refractivity contribution in [2.75, 3.05) is 26.3 Å². The van der Waals surface area contributed by atoms with Crippen molar-refractivity contribution in [2.45, 2.75) is 44.2 Å². The van der Waals surface area contributed by atoms with Crippen molar-refractivity contribution in [1.82, 2.24) is 15.4 Å². The zero-order valence-corrected chi connectivity index (χ0v) is 15.6. The van der Waals surface area contributed by atoms with Gasteiger partial charge in [0, 0.05) is 25.1 Å². The van der Waals surface area contributed by atoms with Gasteiger partial charge < -0.3 is 14.6 Å². The first kappa shape index (κ1) is 18.2. The van der Waals surface area contributed by atoms with Crippen LogP contribution in [0.1, 0.15) is 53.4 Å². The van der Waals surface area contributed by atoms with Gasteiger partial charge in [-0.25, -0.2) is 0 Å². The van der Waals surface area contributed by atoms with Gasteiger partial charge in [0.1, 0.15) is 0 Å². The van der Waals surface area contributed by atoms with Gasteiger partial charge in [-0.3, -0.25) is 9.69 Å². The highest BCUT2D eigenvalue weighted by molar-refractivity contribution is 5.91. The number of hydrogen-bond donors (Lipinski definition) is 1. The molecule has 0 unspecified atom stereocenters. The second kappa shape index (κ2) is 8.67. The summed E-state index contributed by atoms with van der Waals surface area (Å²) in [5.74, 6) is 0.480. The molecule has 0 saturated carbocycles. The summed E-state index contributed by atoms with van der Waals surface area (Å²) in [6.45, 7) is 4.42. The predicted molar refractivity (Wildman–Crippen MR) is 102 cm³/mol. The van der Waals surface area contributed by atoms with Crippen molar-refractivity contribution in [3.63, 3.8) is 0 Å². The molecule has 6 heteroatoms. The molecular formula is C21H27N3O3. The van der Waals surface area contributed by atoms with E-state index in [2.05, 4.69) is 45.7 Å². The van der Waals surface area contributed by atoms with Crippen molar-refractivity contribution >= 4 is 5.91 Å². The average Bonchev–Trinajstić information content (AvgIpc) is 3.21. The van der Waals surface area contributed by atoms with E-state index in [1.165, 1.54) is 5.56 Å². The van der Waals surface area contributed by atoms with Gasteiger partial charge in [-0.1, -0.05) is 35.5 Å². The summed E-state index contributed by atoms with van der Waals surface area (Å²) in [4.78, 5) is 14.8. The standard InChI is InChI=1S/C21H27N3O3/c25-21(22-18-7-4-12-26-15-18)20-13-19(23-27-20)17-8-10-24(11-9-17)14-16-5-2-1-3-6-16/h1-3,5-6,13,17-18H,4,7-12,14-15H2,(H,22,25)/t18-/m0/s1. The van der Waals surface area contributed by atoms with Crippen LogP contribution in [0, 0.1) is 0 Å². The summed E-state index contributed by atoms with van der Waals surface area (Å²) < 4.78 is 10.7. The maximum absolute atomic E-state index is 12.4. The monoisotopic (exact) mass is 369 g/mol. The Morgan fingerprint density at radius 2 is 2.00 bits per heavy atom. The number of piperidine rings is 1. The van der Waals surface area contributed by atoms with Crippen LogP contribution in [0.5, 0.6) is 0 Å². The molecule has 144 valence electrons. The Labute approximate surface area is 159 Å². The van der Waals surface area contributed by atoms with E-state index in [-0.39, 0.29) is 11.9 Å². The fourth-order valence-electron chi connectivity index (χ4n) is 3.93. The highest BCUT2D eigenvalue weighted by Gasteiger charge is 2.25. The van der Waals surface area contributed by atoms with Crippen LogP contribution in [-0.2, 0) is 11.3 Å². The molecule has 0 bridgehead atoms. The number of carbonyl (C=O) groups excluding carboxylic acids is 1. The van der Waals surface area contributed by atoms with Gasteiger partial charge in [0.2, 0.25) is 5.76 Å². The molecule has 1 N–H and O–H groups in total. The van der Waals surface area contributed by atoms with Gasteiger partial charge in [-0.05, 0) is 44.3 Å². The lowest BCUT2D eigenvalue weighted by Crippen LogP contribution is -2.40. The molecule has 2 aliphatic rings. The van der Waals surface area contributed by atoms with E-state index in [0.29, 0.717) is 18.3 Å². The van der Waals surface area contributed by atoms with Crippen LogP contribution in [0.15, 0.2) is 40.9 Å². The van der Waals surface area contributed by atoms with Gasteiger partial charge in [-0.2, -0.15) is 0 Å². The largest absolute Gasteiger partial charge is 0.379 e. The second-order valence-corrected chi connectivity index (χ2v) is 7.54. The highest BCUT2D eigenvalue weighted by atomic mass is 16.5. The zero-order valence-electron chi connectivity index (χ0n) is 15.6. The fraction of sp³-hybridized carbons (Fsp3) is 0.524. The SMILES string of the molecule is O=C(N[C@H]1CCCOC1)c1cc(C2CCN(Cc3ccccc3)CC2)no1. The van der Waals surface area contributed by atoms with Crippen molar-refractivity contribution < 1.29 is 14.1 Å². The number of benzene rings is 1. The number of rotatable bonds is 5. The van der Waals surface area contributed by atoms with Crippen LogP contribution in [0.4, 0.5) is 0 Å². The molecule has 1 atom stereocenters.